The molecule has 1 aliphatic heterocycles. The van der Waals surface area contributed by atoms with Crippen molar-refractivity contribution in [3.8, 4) is 0 Å². The standard InChI is InChI=1S/C22H32N4O3/c1-14(2)21(28)26-12-10-19(11-13-26)25-22(29)23-15(3)16-6-8-18(9-7-16)24-20(27)17-4-5-17/h6-9,14-15,17,19H,4-5,10-13H2,1-3H3,(H,24,27)(H2,23,25,29). The first-order valence-electron chi connectivity index (χ1n) is 10.6. The van der Waals surface area contributed by atoms with Crippen molar-refractivity contribution in [3.63, 3.8) is 0 Å². The second-order valence-corrected chi connectivity index (χ2v) is 8.48. The van der Waals surface area contributed by atoms with Crippen LogP contribution in [0.2, 0.25) is 0 Å². The Kier molecular flexibility index (Phi) is 6.77. The zero-order valence-corrected chi connectivity index (χ0v) is 17.5. The summed E-state index contributed by atoms with van der Waals surface area (Å²) < 4.78 is 0. The van der Waals surface area contributed by atoms with Gasteiger partial charge in [-0.15, -0.1) is 0 Å². The number of nitrogens with one attached hydrogen (secondary N) is 3. The monoisotopic (exact) mass is 400 g/mol. The van der Waals surface area contributed by atoms with E-state index < -0.39 is 0 Å². The maximum atomic E-state index is 12.4. The number of carbonyl (C=O) groups is 3. The molecule has 2 aliphatic rings. The SMILES string of the molecule is CC(C)C(=O)N1CCC(NC(=O)NC(C)c2ccc(NC(=O)C3CC3)cc2)CC1. The van der Waals surface area contributed by atoms with Crippen LogP contribution in [0, 0.1) is 11.8 Å². The molecule has 1 aliphatic carbocycles. The molecule has 1 atom stereocenters. The quantitative estimate of drug-likeness (QED) is 0.685. The summed E-state index contributed by atoms with van der Waals surface area (Å²) in [5.74, 6) is 0.453. The summed E-state index contributed by atoms with van der Waals surface area (Å²) in [6, 6.07) is 7.31. The summed E-state index contributed by atoms with van der Waals surface area (Å²) in [6.45, 7) is 7.13. The number of benzene rings is 1. The topological polar surface area (TPSA) is 90.5 Å². The Bertz CT molecular complexity index is 735. The van der Waals surface area contributed by atoms with E-state index in [0.29, 0.717) is 13.1 Å². The van der Waals surface area contributed by atoms with Crippen LogP contribution in [0.25, 0.3) is 0 Å². The Labute approximate surface area is 172 Å². The maximum Gasteiger partial charge on any atom is 0.315 e. The molecule has 0 aromatic heterocycles. The van der Waals surface area contributed by atoms with Gasteiger partial charge in [-0.3, -0.25) is 9.59 Å². The lowest BCUT2D eigenvalue weighted by Gasteiger charge is -2.33. The van der Waals surface area contributed by atoms with Gasteiger partial charge >= 0.3 is 6.03 Å². The highest BCUT2D eigenvalue weighted by molar-refractivity contribution is 5.94. The molecule has 1 saturated heterocycles. The molecule has 1 aromatic carbocycles. The van der Waals surface area contributed by atoms with E-state index in [1.807, 2.05) is 49.9 Å². The maximum absolute atomic E-state index is 12.4. The predicted octanol–water partition coefficient (Wildman–Crippen LogP) is 3.04. The zero-order chi connectivity index (χ0) is 21.0. The molecular weight excluding hydrogens is 368 g/mol. The molecule has 1 unspecified atom stereocenters. The third kappa shape index (κ3) is 5.95. The van der Waals surface area contributed by atoms with Gasteiger partial charge in [-0.25, -0.2) is 4.79 Å². The molecule has 1 heterocycles. The van der Waals surface area contributed by atoms with Gasteiger partial charge in [-0.05, 0) is 50.3 Å². The summed E-state index contributed by atoms with van der Waals surface area (Å²) in [5, 5.41) is 8.90. The third-order valence-corrected chi connectivity index (χ3v) is 5.61. The summed E-state index contributed by atoms with van der Waals surface area (Å²) in [6.07, 6.45) is 3.51. The Morgan fingerprint density at radius 1 is 0.966 bits per heavy atom. The second-order valence-electron chi connectivity index (χ2n) is 8.48. The van der Waals surface area contributed by atoms with Crippen LogP contribution in [0.1, 0.15) is 58.1 Å². The van der Waals surface area contributed by atoms with Gasteiger partial charge in [-0.2, -0.15) is 0 Å². The molecule has 29 heavy (non-hydrogen) atoms. The van der Waals surface area contributed by atoms with Gasteiger partial charge in [0.2, 0.25) is 11.8 Å². The minimum atomic E-state index is -0.197. The van der Waals surface area contributed by atoms with E-state index in [1.54, 1.807) is 0 Å². The van der Waals surface area contributed by atoms with Crippen molar-refractivity contribution in [2.75, 3.05) is 18.4 Å². The first kappa shape index (κ1) is 21.1. The van der Waals surface area contributed by atoms with Gasteiger partial charge in [0.05, 0.1) is 6.04 Å². The van der Waals surface area contributed by atoms with E-state index >= 15 is 0 Å². The number of hydrogen-bond donors (Lipinski definition) is 3. The number of urea groups is 1. The van der Waals surface area contributed by atoms with Gasteiger partial charge < -0.3 is 20.9 Å². The molecule has 158 valence electrons. The highest BCUT2D eigenvalue weighted by Crippen LogP contribution is 2.30. The number of amides is 4. The first-order chi connectivity index (χ1) is 13.8. The van der Waals surface area contributed by atoms with E-state index in [0.717, 1.165) is 36.9 Å². The number of piperidine rings is 1. The van der Waals surface area contributed by atoms with Crippen LogP contribution in [0.15, 0.2) is 24.3 Å². The van der Waals surface area contributed by atoms with Gasteiger partial charge in [-0.1, -0.05) is 26.0 Å². The molecule has 0 bridgehead atoms. The largest absolute Gasteiger partial charge is 0.342 e. The molecule has 7 nitrogen and oxygen atoms in total. The molecule has 1 saturated carbocycles. The molecule has 2 fully saturated rings. The van der Waals surface area contributed by atoms with Crippen LogP contribution in [-0.4, -0.2) is 41.9 Å². The Morgan fingerprint density at radius 2 is 1.59 bits per heavy atom. The molecule has 7 heteroatoms. The van der Waals surface area contributed by atoms with Crippen molar-refractivity contribution in [2.24, 2.45) is 11.8 Å². The van der Waals surface area contributed by atoms with Crippen LogP contribution in [0.5, 0.6) is 0 Å². The fourth-order valence-corrected chi connectivity index (χ4v) is 3.56. The van der Waals surface area contributed by atoms with Crippen molar-refractivity contribution in [1.82, 2.24) is 15.5 Å². The smallest absolute Gasteiger partial charge is 0.315 e. The average Bonchev–Trinajstić information content (AvgIpc) is 3.53. The molecule has 3 N–H and O–H groups in total. The van der Waals surface area contributed by atoms with Crippen LogP contribution < -0.4 is 16.0 Å². The lowest BCUT2D eigenvalue weighted by atomic mass is 10.0. The average molecular weight is 401 g/mol. The molecule has 1 aromatic rings. The Balaban J connectivity index is 1.42. The van der Waals surface area contributed by atoms with E-state index in [9.17, 15) is 14.4 Å². The summed E-state index contributed by atoms with van der Waals surface area (Å²) in [5.41, 5.74) is 1.76. The minimum Gasteiger partial charge on any atom is -0.342 e. The first-order valence-corrected chi connectivity index (χ1v) is 10.6. The number of anilines is 1. The van der Waals surface area contributed by atoms with Crippen LogP contribution in [-0.2, 0) is 9.59 Å². The Hall–Kier alpha value is -2.57. The van der Waals surface area contributed by atoms with Crippen molar-refractivity contribution >= 4 is 23.5 Å². The number of nitrogens with zero attached hydrogens (tertiary/aromatic N) is 1. The van der Waals surface area contributed by atoms with Gasteiger partial charge in [0, 0.05) is 36.7 Å². The highest BCUT2D eigenvalue weighted by atomic mass is 16.2. The van der Waals surface area contributed by atoms with Crippen molar-refractivity contribution < 1.29 is 14.4 Å². The van der Waals surface area contributed by atoms with Crippen molar-refractivity contribution in [3.05, 3.63) is 29.8 Å². The normalized spacial score (nSPS) is 18.3. The summed E-state index contributed by atoms with van der Waals surface area (Å²) in [7, 11) is 0. The van der Waals surface area contributed by atoms with Gasteiger partial charge in [0.25, 0.3) is 0 Å². The molecular formula is C22H32N4O3. The number of carbonyl (C=O) groups excluding carboxylic acids is 3. The van der Waals surface area contributed by atoms with Gasteiger partial charge in [0.15, 0.2) is 0 Å². The number of hydrogen-bond acceptors (Lipinski definition) is 3. The van der Waals surface area contributed by atoms with Gasteiger partial charge in [0.1, 0.15) is 0 Å². The third-order valence-electron chi connectivity index (χ3n) is 5.61. The lowest BCUT2D eigenvalue weighted by Crippen LogP contribution is -2.50. The second kappa shape index (κ2) is 9.29. The molecule has 3 rings (SSSR count). The van der Waals surface area contributed by atoms with Crippen LogP contribution in [0.4, 0.5) is 10.5 Å². The lowest BCUT2D eigenvalue weighted by molar-refractivity contribution is -0.135. The van der Waals surface area contributed by atoms with Crippen LogP contribution >= 0.6 is 0 Å². The van der Waals surface area contributed by atoms with Crippen LogP contribution in [0.3, 0.4) is 0 Å². The van der Waals surface area contributed by atoms with E-state index in [4.69, 9.17) is 0 Å². The van der Waals surface area contributed by atoms with Crippen molar-refractivity contribution in [1.29, 1.82) is 0 Å². The fourth-order valence-electron chi connectivity index (χ4n) is 3.56. The molecule has 4 amide bonds. The number of rotatable bonds is 6. The molecule has 0 radical (unpaired) electrons. The summed E-state index contributed by atoms with van der Waals surface area (Å²) in [4.78, 5) is 38.1. The Morgan fingerprint density at radius 3 is 2.14 bits per heavy atom. The highest BCUT2D eigenvalue weighted by Gasteiger charge is 2.29. The van der Waals surface area contributed by atoms with E-state index in [1.165, 1.54) is 0 Å². The van der Waals surface area contributed by atoms with E-state index in [-0.39, 0.29) is 41.8 Å². The number of likely N-dealkylation sites (tertiary alicyclic amines) is 1. The van der Waals surface area contributed by atoms with E-state index in [2.05, 4.69) is 16.0 Å². The summed E-state index contributed by atoms with van der Waals surface area (Å²) >= 11 is 0. The zero-order valence-electron chi connectivity index (χ0n) is 17.5. The predicted molar refractivity (Wildman–Crippen MR) is 112 cm³/mol. The fraction of sp³-hybridized carbons (Fsp3) is 0.591. The van der Waals surface area contributed by atoms with Crippen molar-refractivity contribution in [2.45, 2.75) is 58.5 Å². The minimum absolute atomic E-state index is 0.0112. The molecule has 0 spiro atoms.